The molecule has 0 saturated heterocycles. The number of ether oxygens (including phenoxy) is 1. The molecule has 0 bridgehead atoms. The molecule has 0 radical (unpaired) electrons. The van der Waals surface area contributed by atoms with Crippen molar-refractivity contribution < 1.29 is 27.5 Å². The SMILES string of the molecule is CCNC(=O)CCOc1ccc(C=O)cc1C(F)(F)F. The van der Waals surface area contributed by atoms with E-state index in [9.17, 15) is 22.8 Å². The summed E-state index contributed by atoms with van der Waals surface area (Å²) in [6.45, 7) is 2.01. The second-order valence-electron chi connectivity index (χ2n) is 3.92. The number of aldehydes is 1. The van der Waals surface area contributed by atoms with Gasteiger partial charge in [0.15, 0.2) is 0 Å². The lowest BCUT2D eigenvalue weighted by Crippen LogP contribution is -2.24. The molecule has 0 atom stereocenters. The van der Waals surface area contributed by atoms with Gasteiger partial charge in [-0.3, -0.25) is 9.59 Å². The molecule has 20 heavy (non-hydrogen) atoms. The first-order valence-electron chi connectivity index (χ1n) is 5.94. The van der Waals surface area contributed by atoms with Crippen LogP contribution in [0.2, 0.25) is 0 Å². The van der Waals surface area contributed by atoms with Crippen LogP contribution in [0, 0.1) is 0 Å². The van der Waals surface area contributed by atoms with E-state index >= 15 is 0 Å². The highest BCUT2D eigenvalue weighted by atomic mass is 19.4. The van der Waals surface area contributed by atoms with Gasteiger partial charge in [0.05, 0.1) is 18.6 Å². The maximum Gasteiger partial charge on any atom is 0.419 e. The lowest BCUT2D eigenvalue weighted by Gasteiger charge is -2.14. The highest BCUT2D eigenvalue weighted by Gasteiger charge is 2.34. The summed E-state index contributed by atoms with van der Waals surface area (Å²) in [6.07, 6.45) is -4.34. The first-order chi connectivity index (χ1) is 9.38. The standard InChI is InChI=1S/C13H14F3NO3/c1-2-17-12(19)5-6-20-11-4-3-9(8-18)7-10(11)13(14,15)16/h3-4,7-8H,2,5-6H2,1H3,(H,17,19). The van der Waals surface area contributed by atoms with Crippen molar-refractivity contribution in [2.75, 3.05) is 13.2 Å². The van der Waals surface area contributed by atoms with Gasteiger partial charge in [-0.15, -0.1) is 0 Å². The van der Waals surface area contributed by atoms with E-state index in [0.29, 0.717) is 18.9 Å². The molecule has 0 aliphatic rings. The van der Waals surface area contributed by atoms with Crippen LogP contribution in [-0.2, 0) is 11.0 Å². The number of hydrogen-bond donors (Lipinski definition) is 1. The second kappa shape index (κ2) is 6.93. The van der Waals surface area contributed by atoms with E-state index in [0.717, 1.165) is 6.07 Å². The van der Waals surface area contributed by atoms with Gasteiger partial charge in [-0.2, -0.15) is 13.2 Å². The molecule has 1 rings (SSSR count). The van der Waals surface area contributed by atoms with Crippen molar-refractivity contribution in [3.8, 4) is 5.75 Å². The maximum atomic E-state index is 12.8. The smallest absolute Gasteiger partial charge is 0.419 e. The van der Waals surface area contributed by atoms with Crippen molar-refractivity contribution in [1.82, 2.24) is 5.32 Å². The monoisotopic (exact) mass is 289 g/mol. The highest BCUT2D eigenvalue weighted by molar-refractivity contribution is 5.76. The molecule has 7 heteroatoms. The molecule has 0 heterocycles. The minimum absolute atomic E-state index is 0.0411. The Morgan fingerprint density at radius 1 is 1.40 bits per heavy atom. The first-order valence-corrected chi connectivity index (χ1v) is 5.94. The van der Waals surface area contributed by atoms with Crippen LogP contribution in [0.1, 0.15) is 29.3 Å². The molecule has 1 amide bonds. The number of halogens is 3. The number of carbonyl (C=O) groups excluding carboxylic acids is 2. The summed E-state index contributed by atoms with van der Waals surface area (Å²) in [5, 5.41) is 2.51. The fraction of sp³-hybridized carbons (Fsp3) is 0.385. The lowest BCUT2D eigenvalue weighted by atomic mass is 10.1. The number of nitrogens with one attached hydrogen (secondary N) is 1. The van der Waals surface area contributed by atoms with E-state index in [1.165, 1.54) is 6.07 Å². The van der Waals surface area contributed by atoms with Gasteiger partial charge in [0.2, 0.25) is 5.91 Å². The molecule has 0 aliphatic carbocycles. The quantitative estimate of drug-likeness (QED) is 0.818. The molecule has 0 spiro atoms. The normalized spacial score (nSPS) is 11.0. The van der Waals surface area contributed by atoms with Crippen LogP contribution in [0.15, 0.2) is 18.2 Å². The largest absolute Gasteiger partial charge is 0.492 e. The predicted octanol–water partition coefficient (Wildman–Crippen LogP) is 2.42. The fourth-order valence-corrected chi connectivity index (χ4v) is 1.51. The third kappa shape index (κ3) is 4.56. The van der Waals surface area contributed by atoms with Crippen LogP contribution >= 0.6 is 0 Å². The minimum Gasteiger partial charge on any atom is -0.492 e. The Bertz CT molecular complexity index is 486. The minimum atomic E-state index is -4.62. The second-order valence-corrected chi connectivity index (χ2v) is 3.92. The summed E-state index contributed by atoms with van der Waals surface area (Å²) < 4.78 is 43.4. The van der Waals surface area contributed by atoms with Crippen LogP contribution < -0.4 is 10.1 Å². The van der Waals surface area contributed by atoms with Crippen molar-refractivity contribution in [2.45, 2.75) is 19.5 Å². The van der Waals surface area contributed by atoms with Crippen molar-refractivity contribution in [1.29, 1.82) is 0 Å². The Labute approximate surface area is 113 Å². The number of amides is 1. The Hall–Kier alpha value is -2.05. The van der Waals surface area contributed by atoms with Gasteiger partial charge in [-0.1, -0.05) is 0 Å². The highest BCUT2D eigenvalue weighted by Crippen LogP contribution is 2.36. The molecule has 1 aromatic carbocycles. The molecule has 0 aliphatic heterocycles. The molecule has 1 N–H and O–H groups in total. The van der Waals surface area contributed by atoms with E-state index < -0.39 is 17.5 Å². The fourth-order valence-electron chi connectivity index (χ4n) is 1.51. The first kappa shape index (κ1) is 16.0. The Morgan fingerprint density at radius 3 is 2.65 bits per heavy atom. The van der Waals surface area contributed by atoms with Crippen molar-refractivity contribution in [3.63, 3.8) is 0 Å². The van der Waals surface area contributed by atoms with E-state index in [2.05, 4.69) is 5.32 Å². The van der Waals surface area contributed by atoms with Gasteiger partial charge >= 0.3 is 6.18 Å². The zero-order valence-electron chi connectivity index (χ0n) is 10.8. The number of rotatable bonds is 6. The summed E-state index contributed by atoms with van der Waals surface area (Å²) in [5.74, 6) is -0.696. The van der Waals surface area contributed by atoms with Gasteiger partial charge < -0.3 is 10.1 Å². The van der Waals surface area contributed by atoms with Crippen molar-refractivity contribution >= 4 is 12.2 Å². The number of alkyl halides is 3. The summed E-state index contributed by atoms with van der Waals surface area (Å²) in [6, 6.07) is 3.02. The average Bonchev–Trinajstić information content (AvgIpc) is 2.38. The lowest BCUT2D eigenvalue weighted by molar-refractivity contribution is -0.138. The zero-order valence-corrected chi connectivity index (χ0v) is 10.8. The summed E-state index contributed by atoms with van der Waals surface area (Å²) >= 11 is 0. The van der Waals surface area contributed by atoms with Crippen LogP contribution in [-0.4, -0.2) is 25.3 Å². The Balaban J connectivity index is 2.79. The van der Waals surface area contributed by atoms with E-state index in [4.69, 9.17) is 4.74 Å². The predicted molar refractivity (Wildman–Crippen MR) is 65.6 cm³/mol. The summed E-state index contributed by atoms with van der Waals surface area (Å²) in [7, 11) is 0. The van der Waals surface area contributed by atoms with Crippen LogP contribution in [0.3, 0.4) is 0 Å². The number of hydrogen-bond acceptors (Lipinski definition) is 3. The molecule has 0 aromatic heterocycles. The molecule has 110 valence electrons. The van der Waals surface area contributed by atoms with Crippen LogP contribution in [0.4, 0.5) is 13.2 Å². The van der Waals surface area contributed by atoms with Gasteiger partial charge in [0.1, 0.15) is 12.0 Å². The summed E-state index contributed by atoms with van der Waals surface area (Å²) in [5.41, 5.74) is -1.12. The molecule has 1 aromatic rings. The molecule has 0 unspecified atom stereocenters. The molecule has 4 nitrogen and oxygen atoms in total. The van der Waals surface area contributed by atoms with Gasteiger partial charge in [0, 0.05) is 12.1 Å². The van der Waals surface area contributed by atoms with E-state index in [1.54, 1.807) is 6.92 Å². The third-order valence-corrected chi connectivity index (χ3v) is 2.41. The molecular formula is C13H14F3NO3. The van der Waals surface area contributed by atoms with Gasteiger partial charge in [0.25, 0.3) is 0 Å². The van der Waals surface area contributed by atoms with Crippen LogP contribution in [0.5, 0.6) is 5.75 Å². The van der Waals surface area contributed by atoms with Crippen LogP contribution in [0.25, 0.3) is 0 Å². The Kier molecular flexibility index (Phi) is 5.54. The summed E-state index contributed by atoms with van der Waals surface area (Å²) in [4.78, 5) is 21.7. The molecular weight excluding hydrogens is 275 g/mol. The van der Waals surface area contributed by atoms with E-state index in [-0.39, 0.29) is 24.5 Å². The van der Waals surface area contributed by atoms with Crippen molar-refractivity contribution in [3.05, 3.63) is 29.3 Å². The van der Waals surface area contributed by atoms with Gasteiger partial charge in [-0.25, -0.2) is 0 Å². The van der Waals surface area contributed by atoms with E-state index in [1.807, 2.05) is 0 Å². The number of carbonyl (C=O) groups is 2. The maximum absolute atomic E-state index is 12.8. The zero-order chi connectivity index (χ0) is 15.2. The third-order valence-electron chi connectivity index (χ3n) is 2.41. The topological polar surface area (TPSA) is 55.4 Å². The van der Waals surface area contributed by atoms with Gasteiger partial charge in [-0.05, 0) is 25.1 Å². The average molecular weight is 289 g/mol. The van der Waals surface area contributed by atoms with Crippen molar-refractivity contribution in [2.24, 2.45) is 0 Å². The molecule has 0 fully saturated rings. The molecule has 0 saturated carbocycles. The Morgan fingerprint density at radius 2 is 2.10 bits per heavy atom. The number of benzene rings is 1.